The summed E-state index contributed by atoms with van der Waals surface area (Å²) in [6.07, 6.45) is 0. The Morgan fingerprint density at radius 1 is 1.32 bits per heavy atom. The van der Waals surface area contributed by atoms with Gasteiger partial charge in [0.2, 0.25) is 0 Å². The zero-order valence-corrected chi connectivity index (χ0v) is 12.7. The van der Waals surface area contributed by atoms with E-state index in [1.54, 1.807) is 0 Å². The highest BCUT2D eigenvalue weighted by Crippen LogP contribution is 2.23. The summed E-state index contributed by atoms with van der Waals surface area (Å²) in [6.45, 7) is 8.63. The van der Waals surface area contributed by atoms with E-state index in [0.717, 1.165) is 24.4 Å². The fourth-order valence-corrected chi connectivity index (χ4v) is 1.80. The number of ether oxygens (including phenoxy) is 1. The van der Waals surface area contributed by atoms with Crippen molar-refractivity contribution in [3.63, 3.8) is 0 Å². The van der Waals surface area contributed by atoms with Gasteiger partial charge in [-0.25, -0.2) is 0 Å². The highest BCUT2D eigenvalue weighted by atomic mass is 35.5. The van der Waals surface area contributed by atoms with E-state index in [4.69, 9.17) is 21.4 Å². The molecule has 0 aliphatic heterocycles. The van der Waals surface area contributed by atoms with Gasteiger partial charge in [0.1, 0.15) is 5.75 Å². The molecule has 1 unspecified atom stereocenters. The van der Waals surface area contributed by atoms with E-state index in [2.05, 4.69) is 19.2 Å². The van der Waals surface area contributed by atoms with Gasteiger partial charge in [-0.15, -0.1) is 0 Å². The minimum absolute atomic E-state index is 0.132. The number of nitrogens with one attached hydrogen (secondary N) is 1. The molecule has 0 heterocycles. The van der Waals surface area contributed by atoms with Crippen LogP contribution in [0, 0.1) is 11.8 Å². The summed E-state index contributed by atoms with van der Waals surface area (Å²) in [5, 5.41) is 13.1. The van der Waals surface area contributed by atoms with E-state index in [0.29, 0.717) is 17.5 Å². The normalized spacial score (nSPS) is 12.7. The first-order valence-corrected chi connectivity index (χ1v) is 7.13. The van der Waals surface area contributed by atoms with Crippen LogP contribution in [0.4, 0.5) is 0 Å². The Morgan fingerprint density at radius 2 is 2.05 bits per heavy atom. The molecular formula is C15H24ClNO2. The first-order chi connectivity index (χ1) is 9.02. The van der Waals surface area contributed by atoms with Crippen molar-refractivity contribution >= 4 is 11.6 Å². The molecule has 0 aliphatic rings. The number of hydrogen-bond donors (Lipinski definition) is 2. The first-order valence-electron chi connectivity index (χ1n) is 6.75. The number of rotatable bonds is 8. The van der Waals surface area contributed by atoms with Gasteiger partial charge in [0, 0.05) is 29.7 Å². The summed E-state index contributed by atoms with van der Waals surface area (Å²) in [7, 11) is 0. The summed E-state index contributed by atoms with van der Waals surface area (Å²) in [5.74, 6) is 1.58. The second kappa shape index (κ2) is 8.41. The largest absolute Gasteiger partial charge is 0.493 e. The summed E-state index contributed by atoms with van der Waals surface area (Å²) >= 11 is 6.02. The molecule has 0 amide bonds. The third-order valence-corrected chi connectivity index (χ3v) is 2.96. The maximum atomic E-state index is 9.02. The van der Waals surface area contributed by atoms with E-state index in [1.807, 2.05) is 25.1 Å². The van der Waals surface area contributed by atoms with Gasteiger partial charge in [-0.1, -0.05) is 32.4 Å². The van der Waals surface area contributed by atoms with Crippen LogP contribution in [-0.2, 0) is 6.54 Å². The van der Waals surface area contributed by atoms with Crippen LogP contribution in [0.1, 0.15) is 26.3 Å². The molecule has 0 aliphatic carbocycles. The Balaban J connectivity index is 2.63. The van der Waals surface area contributed by atoms with Gasteiger partial charge in [0.05, 0.1) is 6.61 Å². The average molecular weight is 286 g/mol. The molecule has 0 bridgehead atoms. The Kier molecular flexibility index (Phi) is 7.21. The fraction of sp³-hybridized carbons (Fsp3) is 0.600. The maximum Gasteiger partial charge on any atom is 0.123 e. The van der Waals surface area contributed by atoms with Crippen molar-refractivity contribution in [2.45, 2.75) is 27.3 Å². The van der Waals surface area contributed by atoms with E-state index in [1.165, 1.54) is 0 Å². The van der Waals surface area contributed by atoms with Gasteiger partial charge in [-0.3, -0.25) is 0 Å². The van der Waals surface area contributed by atoms with Crippen LogP contribution in [0.25, 0.3) is 0 Å². The molecule has 0 saturated carbocycles. The predicted octanol–water partition coefficient (Wildman–Crippen LogP) is 3.09. The minimum atomic E-state index is 0.132. The first kappa shape index (κ1) is 16.3. The van der Waals surface area contributed by atoms with Crippen LogP contribution in [0.5, 0.6) is 5.75 Å². The Hall–Kier alpha value is -0.770. The van der Waals surface area contributed by atoms with Gasteiger partial charge in [-0.2, -0.15) is 0 Å². The molecule has 0 fully saturated rings. The zero-order valence-electron chi connectivity index (χ0n) is 11.9. The SMILES string of the molecule is CC(C)CNCc1cc(Cl)ccc1OCC(C)CO. The third kappa shape index (κ3) is 6.28. The molecule has 2 N–H and O–H groups in total. The Bertz CT molecular complexity index is 382. The summed E-state index contributed by atoms with van der Waals surface area (Å²) in [5.41, 5.74) is 1.05. The van der Waals surface area contributed by atoms with Crippen LogP contribution >= 0.6 is 11.6 Å². The number of halogens is 1. The average Bonchev–Trinajstić information content (AvgIpc) is 2.37. The Morgan fingerprint density at radius 3 is 2.68 bits per heavy atom. The molecule has 1 atom stereocenters. The zero-order chi connectivity index (χ0) is 14.3. The standard InChI is InChI=1S/C15H24ClNO2/c1-11(2)7-17-8-13-6-14(16)4-5-15(13)19-10-12(3)9-18/h4-6,11-12,17-18H,7-10H2,1-3H3. The minimum Gasteiger partial charge on any atom is -0.493 e. The molecule has 1 rings (SSSR count). The van der Waals surface area contributed by atoms with Crippen molar-refractivity contribution < 1.29 is 9.84 Å². The lowest BCUT2D eigenvalue weighted by Gasteiger charge is -2.15. The lowest BCUT2D eigenvalue weighted by molar-refractivity contribution is 0.173. The molecule has 4 heteroatoms. The molecule has 1 aromatic carbocycles. The lowest BCUT2D eigenvalue weighted by atomic mass is 10.1. The van der Waals surface area contributed by atoms with Gasteiger partial charge in [0.15, 0.2) is 0 Å². The third-order valence-electron chi connectivity index (χ3n) is 2.73. The molecule has 19 heavy (non-hydrogen) atoms. The molecule has 0 radical (unpaired) electrons. The topological polar surface area (TPSA) is 41.5 Å². The maximum absolute atomic E-state index is 9.02. The summed E-state index contributed by atoms with van der Waals surface area (Å²) in [4.78, 5) is 0. The molecule has 0 saturated heterocycles. The lowest BCUT2D eigenvalue weighted by Crippen LogP contribution is -2.20. The molecule has 3 nitrogen and oxygen atoms in total. The van der Waals surface area contributed by atoms with Crippen LogP contribution in [-0.4, -0.2) is 24.9 Å². The monoisotopic (exact) mass is 285 g/mol. The Labute approximate surface area is 120 Å². The second-order valence-corrected chi connectivity index (χ2v) is 5.81. The van der Waals surface area contributed by atoms with Crippen LogP contribution in [0.15, 0.2) is 18.2 Å². The second-order valence-electron chi connectivity index (χ2n) is 5.38. The van der Waals surface area contributed by atoms with Gasteiger partial charge < -0.3 is 15.2 Å². The number of benzene rings is 1. The van der Waals surface area contributed by atoms with E-state index < -0.39 is 0 Å². The van der Waals surface area contributed by atoms with E-state index in [9.17, 15) is 0 Å². The molecule has 1 aromatic rings. The number of aliphatic hydroxyl groups excluding tert-OH is 1. The fourth-order valence-electron chi connectivity index (χ4n) is 1.61. The molecule has 108 valence electrons. The molecule has 0 spiro atoms. The molecule has 0 aromatic heterocycles. The van der Waals surface area contributed by atoms with Crippen molar-refractivity contribution in [2.75, 3.05) is 19.8 Å². The van der Waals surface area contributed by atoms with Crippen LogP contribution in [0.3, 0.4) is 0 Å². The quantitative estimate of drug-likeness (QED) is 0.771. The van der Waals surface area contributed by atoms with Crippen molar-refractivity contribution in [2.24, 2.45) is 11.8 Å². The van der Waals surface area contributed by atoms with Gasteiger partial charge >= 0.3 is 0 Å². The smallest absolute Gasteiger partial charge is 0.123 e. The predicted molar refractivity (Wildman–Crippen MR) is 79.7 cm³/mol. The van der Waals surface area contributed by atoms with Crippen LogP contribution in [0.2, 0.25) is 5.02 Å². The van der Waals surface area contributed by atoms with Crippen molar-refractivity contribution in [3.05, 3.63) is 28.8 Å². The number of aliphatic hydroxyl groups is 1. The van der Waals surface area contributed by atoms with Crippen LogP contribution < -0.4 is 10.1 Å². The van der Waals surface area contributed by atoms with Crippen molar-refractivity contribution in [1.29, 1.82) is 0 Å². The van der Waals surface area contributed by atoms with Gasteiger partial charge in [0.25, 0.3) is 0 Å². The highest BCUT2D eigenvalue weighted by Gasteiger charge is 2.07. The highest BCUT2D eigenvalue weighted by molar-refractivity contribution is 6.30. The van der Waals surface area contributed by atoms with Crippen molar-refractivity contribution in [3.8, 4) is 5.75 Å². The van der Waals surface area contributed by atoms with Crippen molar-refractivity contribution in [1.82, 2.24) is 5.32 Å². The summed E-state index contributed by atoms with van der Waals surface area (Å²) in [6, 6.07) is 5.64. The van der Waals surface area contributed by atoms with E-state index in [-0.39, 0.29) is 12.5 Å². The molecular weight excluding hydrogens is 262 g/mol. The van der Waals surface area contributed by atoms with E-state index >= 15 is 0 Å². The number of hydrogen-bond acceptors (Lipinski definition) is 3. The van der Waals surface area contributed by atoms with Gasteiger partial charge in [-0.05, 0) is 30.7 Å². The summed E-state index contributed by atoms with van der Waals surface area (Å²) < 4.78 is 5.74.